The number of pyridine rings is 2. The number of nitrogens with zero attached hydrogens (tertiary/aromatic N) is 3. The Kier molecular flexibility index (Phi) is 3.08. The standard InChI is InChI=1S/C12H7N3O2/c16-15(17)12-9-13-8-6-10(12)4-5-11-3-1-2-7-14-11/h1-3,6-9H. The molecular weight excluding hydrogens is 218 g/mol. The van der Waals surface area contributed by atoms with Crippen molar-refractivity contribution in [1.29, 1.82) is 0 Å². The SMILES string of the molecule is O=[N+]([O-])c1cnccc1C#Cc1ccccn1. The lowest BCUT2D eigenvalue weighted by Crippen LogP contribution is -1.92. The van der Waals surface area contributed by atoms with Crippen LogP contribution in [0.15, 0.2) is 42.9 Å². The molecule has 0 unspecified atom stereocenters. The lowest BCUT2D eigenvalue weighted by atomic mass is 10.2. The molecule has 0 saturated heterocycles. The Bertz CT molecular complexity index is 600. The van der Waals surface area contributed by atoms with Crippen LogP contribution in [0, 0.1) is 22.0 Å². The van der Waals surface area contributed by atoms with Gasteiger partial charge >= 0.3 is 5.69 Å². The summed E-state index contributed by atoms with van der Waals surface area (Å²) in [4.78, 5) is 17.9. The first kappa shape index (κ1) is 10.8. The number of nitro groups is 1. The Balaban J connectivity index is 2.38. The highest BCUT2D eigenvalue weighted by atomic mass is 16.6. The highest BCUT2D eigenvalue weighted by Crippen LogP contribution is 2.14. The Morgan fingerprint density at radius 2 is 2.06 bits per heavy atom. The second-order valence-corrected chi connectivity index (χ2v) is 3.11. The van der Waals surface area contributed by atoms with E-state index in [0.717, 1.165) is 0 Å². The summed E-state index contributed by atoms with van der Waals surface area (Å²) in [7, 11) is 0. The van der Waals surface area contributed by atoms with Crippen LogP contribution < -0.4 is 0 Å². The van der Waals surface area contributed by atoms with Crippen molar-refractivity contribution in [2.75, 3.05) is 0 Å². The maximum atomic E-state index is 10.7. The predicted molar refractivity (Wildman–Crippen MR) is 61.1 cm³/mol. The molecule has 2 rings (SSSR count). The maximum Gasteiger partial charge on any atom is 0.303 e. The minimum atomic E-state index is -0.505. The average Bonchev–Trinajstić information content (AvgIpc) is 2.38. The zero-order chi connectivity index (χ0) is 12.1. The molecule has 17 heavy (non-hydrogen) atoms. The van der Waals surface area contributed by atoms with Gasteiger partial charge in [0.15, 0.2) is 0 Å². The molecule has 5 heteroatoms. The van der Waals surface area contributed by atoms with Crippen LogP contribution >= 0.6 is 0 Å². The second-order valence-electron chi connectivity index (χ2n) is 3.11. The van der Waals surface area contributed by atoms with Gasteiger partial charge in [-0.15, -0.1) is 0 Å². The summed E-state index contributed by atoms with van der Waals surface area (Å²) in [5.74, 6) is 5.48. The van der Waals surface area contributed by atoms with E-state index in [1.165, 1.54) is 18.5 Å². The summed E-state index contributed by atoms with van der Waals surface area (Å²) in [5, 5.41) is 10.7. The van der Waals surface area contributed by atoms with Crippen LogP contribution in [0.2, 0.25) is 0 Å². The van der Waals surface area contributed by atoms with Gasteiger partial charge in [-0.2, -0.15) is 0 Å². The third-order valence-corrected chi connectivity index (χ3v) is 1.99. The fourth-order valence-electron chi connectivity index (χ4n) is 1.21. The first-order chi connectivity index (χ1) is 8.27. The molecule has 0 amide bonds. The zero-order valence-electron chi connectivity index (χ0n) is 8.70. The quantitative estimate of drug-likeness (QED) is 0.421. The minimum absolute atomic E-state index is 0.101. The van der Waals surface area contributed by atoms with Crippen molar-refractivity contribution < 1.29 is 4.92 Å². The summed E-state index contributed by atoms with van der Waals surface area (Å²) >= 11 is 0. The fraction of sp³-hybridized carbons (Fsp3) is 0. The Labute approximate surface area is 97.3 Å². The largest absolute Gasteiger partial charge is 0.303 e. The topological polar surface area (TPSA) is 68.9 Å². The van der Waals surface area contributed by atoms with Crippen molar-refractivity contribution in [3.8, 4) is 11.8 Å². The molecule has 0 radical (unpaired) electrons. The molecule has 0 bridgehead atoms. The van der Waals surface area contributed by atoms with Crippen LogP contribution in [0.5, 0.6) is 0 Å². The molecule has 5 nitrogen and oxygen atoms in total. The van der Waals surface area contributed by atoms with Crippen LogP contribution in [0.1, 0.15) is 11.3 Å². The molecule has 0 aliphatic heterocycles. The Hall–Kier alpha value is -2.74. The summed E-state index contributed by atoms with van der Waals surface area (Å²) in [5.41, 5.74) is 0.796. The van der Waals surface area contributed by atoms with Crippen LogP contribution in [0.25, 0.3) is 0 Å². The van der Waals surface area contributed by atoms with E-state index in [1.807, 2.05) is 0 Å². The highest BCUT2D eigenvalue weighted by molar-refractivity contribution is 5.50. The van der Waals surface area contributed by atoms with E-state index in [-0.39, 0.29) is 5.69 Å². The number of hydrogen-bond acceptors (Lipinski definition) is 4. The van der Waals surface area contributed by atoms with Gasteiger partial charge in [0.2, 0.25) is 0 Å². The molecule has 0 spiro atoms. The molecule has 0 saturated carbocycles. The molecule has 0 fully saturated rings. The van der Waals surface area contributed by atoms with Crippen molar-refractivity contribution in [2.45, 2.75) is 0 Å². The Morgan fingerprint density at radius 3 is 2.76 bits per heavy atom. The van der Waals surface area contributed by atoms with E-state index in [9.17, 15) is 10.1 Å². The molecule has 0 N–H and O–H groups in total. The third-order valence-electron chi connectivity index (χ3n) is 1.99. The lowest BCUT2D eigenvalue weighted by Gasteiger charge is -1.92. The van der Waals surface area contributed by atoms with Gasteiger partial charge in [-0.3, -0.25) is 15.1 Å². The average molecular weight is 225 g/mol. The summed E-state index contributed by atoms with van der Waals surface area (Å²) in [6.45, 7) is 0. The smallest absolute Gasteiger partial charge is 0.258 e. The normalized spacial score (nSPS) is 9.18. The molecule has 2 aromatic rings. The Morgan fingerprint density at radius 1 is 1.18 bits per heavy atom. The molecular formula is C12H7N3O2. The molecule has 82 valence electrons. The monoisotopic (exact) mass is 225 g/mol. The summed E-state index contributed by atoms with van der Waals surface area (Å²) in [6.07, 6.45) is 4.27. The van der Waals surface area contributed by atoms with E-state index in [1.54, 1.807) is 24.4 Å². The van der Waals surface area contributed by atoms with Gasteiger partial charge in [0.25, 0.3) is 0 Å². The van der Waals surface area contributed by atoms with Gasteiger partial charge in [-0.25, -0.2) is 4.98 Å². The maximum absolute atomic E-state index is 10.7. The van der Waals surface area contributed by atoms with E-state index in [2.05, 4.69) is 21.8 Å². The molecule has 0 atom stereocenters. The minimum Gasteiger partial charge on any atom is -0.258 e. The molecule has 0 aliphatic rings. The lowest BCUT2D eigenvalue weighted by molar-refractivity contribution is -0.385. The van der Waals surface area contributed by atoms with E-state index < -0.39 is 4.92 Å². The predicted octanol–water partition coefficient (Wildman–Crippen LogP) is 1.78. The van der Waals surface area contributed by atoms with Gasteiger partial charge in [-0.05, 0) is 24.1 Å². The molecule has 2 heterocycles. The molecule has 0 aromatic carbocycles. The third kappa shape index (κ3) is 2.63. The van der Waals surface area contributed by atoms with Gasteiger partial charge in [0.05, 0.1) is 4.92 Å². The summed E-state index contributed by atoms with van der Waals surface area (Å²) < 4.78 is 0. The van der Waals surface area contributed by atoms with E-state index in [4.69, 9.17) is 0 Å². The number of hydrogen-bond donors (Lipinski definition) is 0. The number of rotatable bonds is 1. The van der Waals surface area contributed by atoms with Crippen LogP contribution in [-0.4, -0.2) is 14.9 Å². The molecule has 0 aliphatic carbocycles. The van der Waals surface area contributed by atoms with Crippen LogP contribution in [-0.2, 0) is 0 Å². The van der Waals surface area contributed by atoms with Crippen molar-refractivity contribution >= 4 is 5.69 Å². The van der Waals surface area contributed by atoms with Crippen molar-refractivity contribution in [3.05, 3.63) is 64.2 Å². The second kappa shape index (κ2) is 4.86. The molecule has 2 aromatic heterocycles. The zero-order valence-corrected chi connectivity index (χ0v) is 8.70. The van der Waals surface area contributed by atoms with Crippen LogP contribution in [0.3, 0.4) is 0 Å². The van der Waals surface area contributed by atoms with Crippen LogP contribution in [0.4, 0.5) is 5.69 Å². The number of aromatic nitrogens is 2. The summed E-state index contributed by atoms with van der Waals surface area (Å²) in [6, 6.07) is 6.83. The van der Waals surface area contributed by atoms with Crippen molar-refractivity contribution in [1.82, 2.24) is 9.97 Å². The fourth-order valence-corrected chi connectivity index (χ4v) is 1.21. The van der Waals surface area contributed by atoms with Gasteiger partial charge in [0.1, 0.15) is 17.5 Å². The highest BCUT2D eigenvalue weighted by Gasteiger charge is 2.10. The van der Waals surface area contributed by atoms with Gasteiger partial charge < -0.3 is 0 Å². The van der Waals surface area contributed by atoms with Gasteiger partial charge in [-0.1, -0.05) is 12.0 Å². The first-order valence-corrected chi connectivity index (χ1v) is 4.79. The van der Waals surface area contributed by atoms with Crippen molar-refractivity contribution in [3.63, 3.8) is 0 Å². The van der Waals surface area contributed by atoms with E-state index in [0.29, 0.717) is 11.3 Å². The van der Waals surface area contributed by atoms with E-state index >= 15 is 0 Å². The first-order valence-electron chi connectivity index (χ1n) is 4.79. The van der Waals surface area contributed by atoms with Gasteiger partial charge in [0, 0.05) is 12.4 Å². The van der Waals surface area contributed by atoms with Crippen molar-refractivity contribution in [2.24, 2.45) is 0 Å².